The fraction of sp³-hybridized carbons (Fsp3) is 0.667. The van der Waals surface area contributed by atoms with Crippen LogP contribution in [0.1, 0.15) is 32.4 Å². The van der Waals surface area contributed by atoms with Crippen molar-refractivity contribution in [2.45, 2.75) is 39.3 Å². The van der Waals surface area contributed by atoms with Gasteiger partial charge in [-0.2, -0.15) is 5.43 Å². The molecular weight excluding hydrogens is 238 g/mol. The lowest BCUT2D eigenvalue weighted by Crippen LogP contribution is -2.45. The molecule has 0 saturated heterocycles. The standard InChI is InChI=1S/C15H26N3O/c1-3-17(4-2)10-7-8-12-19-15-13-14-9-5-6-11-18(14)16-15/h5-6,9,11,15-16H,3-4,7-8,10,12-13H2,1-2H3/q+1. The average Bonchev–Trinajstić information content (AvgIpc) is 2.85. The van der Waals surface area contributed by atoms with Gasteiger partial charge in [0.25, 0.3) is 0 Å². The number of hydrogen-bond donors (Lipinski definition) is 1. The summed E-state index contributed by atoms with van der Waals surface area (Å²) in [7, 11) is 0. The number of unbranched alkanes of at least 4 members (excludes halogenated alkanes) is 1. The minimum atomic E-state index is 0.135. The molecule has 2 rings (SSSR count). The van der Waals surface area contributed by atoms with Crippen molar-refractivity contribution >= 4 is 0 Å². The van der Waals surface area contributed by atoms with Gasteiger partial charge < -0.3 is 9.64 Å². The molecule has 1 atom stereocenters. The molecule has 0 amide bonds. The van der Waals surface area contributed by atoms with E-state index in [-0.39, 0.29) is 6.23 Å². The fourth-order valence-corrected chi connectivity index (χ4v) is 2.46. The van der Waals surface area contributed by atoms with Gasteiger partial charge in [-0.3, -0.25) is 0 Å². The molecule has 1 N–H and O–H groups in total. The topological polar surface area (TPSA) is 28.4 Å². The van der Waals surface area contributed by atoms with E-state index in [2.05, 4.69) is 41.0 Å². The van der Waals surface area contributed by atoms with E-state index < -0.39 is 0 Å². The number of ether oxygens (including phenoxy) is 1. The summed E-state index contributed by atoms with van der Waals surface area (Å²) in [6.45, 7) is 8.76. The van der Waals surface area contributed by atoms with Crippen LogP contribution in [0.15, 0.2) is 24.4 Å². The summed E-state index contributed by atoms with van der Waals surface area (Å²) in [5, 5.41) is 0. The Hall–Kier alpha value is -1.13. The molecular formula is C15H26N3O+. The van der Waals surface area contributed by atoms with Gasteiger partial charge in [0.05, 0.1) is 6.42 Å². The van der Waals surface area contributed by atoms with Gasteiger partial charge in [0, 0.05) is 18.7 Å². The Bertz CT molecular complexity index is 354. The van der Waals surface area contributed by atoms with Crippen molar-refractivity contribution in [3.8, 4) is 0 Å². The van der Waals surface area contributed by atoms with Crippen molar-refractivity contribution in [1.82, 2.24) is 4.90 Å². The first kappa shape index (κ1) is 14.3. The van der Waals surface area contributed by atoms with E-state index in [0.717, 1.165) is 32.5 Å². The first-order valence-electron chi connectivity index (χ1n) is 7.43. The highest BCUT2D eigenvalue weighted by Crippen LogP contribution is 2.06. The molecule has 0 fully saturated rings. The summed E-state index contributed by atoms with van der Waals surface area (Å²) in [6.07, 6.45) is 5.48. The van der Waals surface area contributed by atoms with Crippen molar-refractivity contribution < 1.29 is 9.41 Å². The minimum absolute atomic E-state index is 0.135. The Labute approximate surface area is 116 Å². The van der Waals surface area contributed by atoms with E-state index in [9.17, 15) is 0 Å². The molecule has 0 aliphatic carbocycles. The second-order valence-electron chi connectivity index (χ2n) is 4.99. The second kappa shape index (κ2) is 7.46. The van der Waals surface area contributed by atoms with Crippen LogP contribution >= 0.6 is 0 Å². The maximum atomic E-state index is 5.88. The lowest BCUT2D eigenvalue weighted by Gasteiger charge is -2.17. The van der Waals surface area contributed by atoms with Gasteiger partial charge in [-0.05, 0) is 38.5 Å². The molecule has 106 valence electrons. The predicted molar refractivity (Wildman–Crippen MR) is 76.5 cm³/mol. The summed E-state index contributed by atoms with van der Waals surface area (Å²) >= 11 is 0. The van der Waals surface area contributed by atoms with Crippen LogP contribution in [0.2, 0.25) is 0 Å². The lowest BCUT2D eigenvalue weighted by molar-refractivity contribution is -0.650. The second-order valence-corrected chi connectivity index (χ2v) is 4.99. The number of fused-ring (bicyclic) bond motifs is 1. The molecule has 0 aromatic carbocycles. The molecule has 1 aliphatic rings. The third-order valence-corrected chi connectivity index (χ3v) is 3.70. The summed E-state index contributed by atoms with van der Waals surface area (Å²) < 4.78 is 7.94. The predicted octanol–water partition coefficient (Wildman–Crippen LogP) is 1.54. The first-order valence-corrected chi connectivity index (χ1v) is 7.43. The highest BCUT2D eigenvalue weighted by molar-refractivity contribution is 5.02. The summed E-state index contributed by atoms with van der Waals surface area (Å²) in [4.78, 5) is 2.46. The van der Waals surface area contributed by atoms with Crippen molar-refractivity contribution in [3.05, 3.63) is 30.1 Å². The molecule has 1 aromatic rings. The SMILES string of the molecule is CCN(CC)CCCCOC1Cc2cccc[n+]2N1. The Kier molecular flexibility index (Phi) is 5.61. The lowest BCUT2D eigenvalue weighted by atomic mass is 10.2. The Morgan fingerprint density at radius 2 is 2.16 bits per heavy atom. The van der Waals surface area contributed by atoms with E-state index in [4.69, 9.17) is 4.74 Å². The quantitative estimate of drug-likeness (QED) is 0.570. The van der Waals surface area contributed by atoms with Gasteiger partial charge in [-0.1, -0.05) is 18.5 Å². The van der Waals surface area contributed by atoms with Crippen LogP contribution in [-0.2, 0) is 11.2 Å². The molecule has 0 radical (unpaired) electrons. The number of hydrogen-bond acceptors (Lipinski definition) is 3. The number of aromatic nitrogens is 1. The normalized spacial score (nSPS) is 17.5. The molecule has 19 heavy (non-hydrogen) atoms. The zero-order chi connectivity index (χ0) is 13.5. The molecule has 0 bridgehead atoms. The number of nitrogens with one attached hydrogen (secondary N) is 1. The third kappa shape index (κ3) is 4.18. The zero-order valence-corrected chi connectivity index (χ0v) is 12.1. The van der Waals surface area contributed by atoms with E-state index in [1.165, 1.54) is 18.7 Å². The molecule has 2 heterocycles. The minimum Gasteiger partial charge on any atom is -0.353 e. The molecule has 0 spiro atoms. The monoisotopic (exact) mass is 264 g/mol. The van der Waals surface area contributed by atoms with Gasteiger partial charge >= 0.3 is 0 Å². The summed E-state index contributed by atoms with van der Waals surface area (Å²) in [5.74, 6) is 0. The summed E-state index contributed by atoms with van der Waals surface area (Å²) in [6, 6.07) is 6.24. The van der Waals surface area contributed by atoms with Crippen LogP contribution in [0.5, 0.6) is 0 Å². The Balaban J connectivity index is 1.58. The zero-order valence-electron chi connectivity index (χ0n) is 12.1. The van der Waals surface area contributed by atoms with E-state index in [1.807, 2.05) is 12.3 Å². The van der Waals surface area contributed by atoms with Crippen molar-refractivity contribution in [3.63, 3.8) is 0 Å². The first-order chi connectivity index (χ1) is 9.33. The molecule has 1 aliphatic heterocycles. The molecule has 1 aromatic heterocycles. The highest BCUT2D eigenvalue weighted by Gasteiger charge is 2.27. The van der Waals surface area contributed by atoms with Crippen LogP contribution in [0.4, 0.5) is 0 Å². The Morgan fingerprint density at radius 1 is 1.32 bits per heavy atom. The fourth-order valence-electron chi connectivity index (χ4n) is 2.46. The van der Waals surface area contributed by atoms with Crippen LogP contribution in [0, 0.1) is 0 Å². The smallest absolute Gasteiger partial charge is 0.216 e. The highest BCUT2D eigenvalue weighted by atomic mass is 16.5. The van der Waals surface area contributed by atoms with Crippen molar-refractivity contribution in [2.75, 3.05) is 31.7 Å². The van der Waals surface area contributed by atoms with Crippen LogP contribution in [-0.4, -0.2) is 37.4 Å². The summed E-state index contributed by atoms with van der Waals surface area (Å²) in [5.41, 5.74) is 4.63. The van der Waals surface area contributed by atoms with Gasteiger partial charge in [-0.15, -0.1) is 0 Å². The van der Waals surface area contributed by atoms with Gasteiger partial charge in [0.2, 0.25) is 5.69 Å². The maximum Gasteiger partial charge on any atom is 0.216 e. The largest absolute Gasteiger partial charge is 0.353 e. The maximum absolute atomic E-state index is 5.88. The van der Waals surface area contributed by atoms with Crippen molar-refractivity contribution in [1.29, 1.82) is 0 Å². The Morgan fingerprint density at radius 3 is 2.89 bits per heavy atom. The van der Waals surface area contributed by atoms with Crippen LogP contribution < -0.4 is 10.1 Å². The van der Waals surface area contributed by atoms with Gasteiger partial charge in [0.1, 0.15) is 0 Å². The van der Waals surface area contributed by atoms with Gasteiger partial charge in [-0.25, -0.2) is 0 Å². The number of nitrogens with zero attached hydrogens (tertiary/aromatic N) is 2. The van der Waals surface area contributed by atoms with E-state index in [1.54, 1.807) is 0 Å². The van der Waals surface area contributed by atoms with Crippen LogP contribution in [0.25, 0.3) is 0 Å². The molecule has 1 unspecified atom stereocenters. The number of rotatable bonds is 8. The van der Waals surface area contributed by atoms with Gasteiger partial charge in [0.15, 0.2) is 12.4 Å². The third-order valence-electron chi connectivity index (χ3n) is 3.70. The average molecular weight is 264 g/mol. The molecule has 0 saturated carbocycles. The number of pyridine rings is 1. The van der Waals surface area contributed by atoms with Crippen LogP contribution in [0.3, 0.4) is 0 Å². The molecule has 4 heteroatoms. The van der Waals surface area contributed by atoms with E-state index >= 15 is 0 Å². The van der Waals surface area contributed by atoms with E-state index in [0.29, 0.717) is 0 Å². The molecule has 4 nitrogen and oxygen atoms in total. The van der Waals surface area contributed by atoms with Crippen molar-refractivity contribution in [2.24, 2.45) is 0 Å².